The van der Waals surface area contributed by atoms with Gasteiger partial charge < -0.3 is 15.1 Å². The molecule has 0 radical (unpaired) electrons. The van der Waals surface area contributed by atoms with Gasteiger partial charge in [-0.3, -0.25) is 4.79 Å². The lowest BCUT2D eigenvalue weighted by atomic mass is 9.92. The molecule has 1 amide bonds. The number of carboxylic acids is 1. The van der Waals surface area contributed by atoms with Crippen molar-refractivity contribution in [3.05, 3.63) is 23.2 Å². The van der Waals surface area contributed by atoms with E-state index in [0.29, 0.717) is 35.4 Å². The molecule has 1 aliphatic rings. The number of aromatic carboxylic acids is 1. The molecule has 1 aromatic rings. The SMILES string of the molecule is CC(C)CCC(C)(O)CC=C[C@H]1CCC(=O)N1CCSc1nc(C(=O)O)cs1. The number of carbonyl (C=O) groups excluding carboxylic acids is 1. The van der Waals surface area contributed by atoms with Gasteiger partial charge in [0.2, 0.25) is 5.91 Å². The minimum Gasteiger partial charge on any atom is -0.476 e. The first-order chi connectivity index (χ1) is 13.2. The van der Waals surface area contributed by atoms with E-state index in [1.165, 1.54) is 28.5 Å². The number of thioether (sulfide) groups is 1. The zero-order valence-corrected chi connectivity index (χ0v) is 18.4. The van der Waals surface area contributed by atoms with Crippen molar-refractivity contribution in [3.63, 3.8) is 0 Å². The standard InChI is InChI=1S/C20H30N2O4S2/c1-14(2)8-10-20(3,26)9-4-5-15-6-7-17(23)22(15)11-12-27-19-21-16(13-28-19)18(24)25/h4-5,13-15,26H,6-12H2,1-3H3,(H,24,25)/t15-,20?/m0/s1. The second-order valence-corrected chi connectivity index (χ2v) is 10.1. The monoisotopic (exact) mass is 426 g/mol. The molecule has 1 aromatic heterocycles. The molecule has 1 fully saturated rings. The zero-order valence-electron chi connectivity index (χ0n) is 16.8. The van der Waals surface area contributed by atoms with Gasteiger partial charge in [0.05, 0.1) is 11.6 Å². The Hall–Kier alpha value is -1.38. The quantitative estimate of drug-likeness (QED) is 0.410. The average molecular weight is 427 g/mol. The van der Waals surface area contributed by atoms with Gasteiger partial charge in [-0.05, 0) is 38.5 Å². The summed E-state index contributed by atoms with van der Waals surface area (Å²) in [5.74, 6) is 0.370. The molecule has 0 spiro atoms. The van der Waals surface area contributed by atoms with E-state index in [4.69, 9.17) is 5.11 Å². The Morgan fingerprint density at radius 2 is 2.29 bits per heavy atom. The molecule has 156 valence electrons. The van der Waals surface area contributed by atoms with Gasteiger partial charge in [0.1, 0.15) is 0 Å². The predicted octanol–water partition coefficient (Wildman–Crippen LogP) is 4.06. The highest BCUT2D eigenvalue weighted by molar-refractivity contribution is 8.01. The highest BCUT2D eigenvalue weighted by Crippen LogP contribution is 2.26. The first kappa shape index (κ1) is 22.9. The summed E-state index contributed by atoms with van der Waals surface area (Å²) in [6, 6.07) is 0.0693. The van der Waals surface area contributed by atoms with Crippen LogP contribution in [-0.4, -0.2) is 55.9 Å². The molecule has 6 nitrogen and oxygen atoms in total. The predicted molar refractivity (Wildman–Crippen MR) is 113 cm³/mol. The van der Waals surface area contributed by atoms with Gasteiger partial charge in [-0.25, -0.2) is 9.78 Å². The fourth-order valence-electron chi connectivity index (χ4n) is 3.08. The number of rotatable bonds is 11. The summed E-state index contributed by atoms with van der Waals surface area (Å²) in [4.78, 5) is 29.0. The van der Waals surface area contributed by atoms with E-state index in [1.807, 2.05) is 24.0 Å². The van der Waals surface area contributed by atoms with Crippen LogP contribution in [0.25, 0.3) is 0 Å². The Morgan fingerprint density at radius 1 is 1.54 bits per heavy atom. The Bertz CT molecular complexity index is 700. The summed E-state index contributed by atoms with van der Waals surface area (Å²) in [5.41, 5.74) is -0.647. The average Bonchev–Trinajstić information content (AvgIpc) is 3.22. The van der Waals surface area contributed by atoms with E-state index in [1.54, 1.807) is 0 Å². The van der Waals surface area contributed by atoms with Gasteiger partial charge in [-0.2, -0.15) is 0 Å². The number of amides is 1. The molecule has 1 saturated heterocycles. The third-order valence-electron chi connectivity index (χ3n) is 4.81. The molecule has 1 unspecified atom stereocenters. The molecule has 28 heavy (non-hydrogen) atoms. The summed E-state index contributed by atoms with van der Waals surface area (Å²) in [5, 5.41) is 20.9. The second-order valence-electron chi connectivity index (χ2n) is 7.91. The van der Waals surface area contributed by atoms with Crippen LogP contribution in [-0.2, 0) is 4.79 Å². The molecular weight excluding hydrogens is 396 g/mol. The van der Waals surface area contributed by atoms with Crippen LogP contribution >= 0.6 is 23.1 Å². The smallest absolute Gasteiger partial charge is 0.355 e. The van der Waals surface area contributed by atoms with Crippen molar-refractivity contribution in [3.8, 4) is 0 Å². The molecule has 8 heteroatoms. The Kier molecular flexibility index (Phi) is 8.52. The van der Waals surface area contributed by atoms with Crippen LogP contribution in [0.15, 0.2) is 21.9 Å². The topological polar surface area (TPSA) is 90.7 Å². The fourth-order valence-corrected chi connectivity index (χ4v) is 4.89. The maximum absolute atomic E-state index is 12.2. The van der Waals surface area contributed by atoms with E-state index >= 15 is 0 Å². The lowest BCUT2D eigenvalue weighted by Crippen LogP contribution is -2.33. The summed E-state index contributed by atoms with van der Waals surface area (Å²) in [6.45, 7) is 6.78. The summed E-state index contributed by atoms with van der Waals surface area (Å²) < 4.78 is 0.706. The number of aromatic nitrogens is 1. The number of carbonyl (C=O) groups is 2. The van der Waals surface area contributed by atoms with E-state index in [0.717, 1.165) is 19.3 Å². The van der Waals surface area contributed by atoms with E-state index < -0.39 is 11.6 Å². The van der Waals surface area contributed by atoms with Crippen molar-refractivity contribution in [2.24, 2.45) is 5.92 Å². The fraction of sp³-hybridized carbons (Fsp3) is 0.650. The molecule has 0 saturated carbocycles. The summed E-state index contributed by atoms with van der Waals surface area (Å²) >= 11 is 2.78. The minimum atomic E-state index is -1.02. The van der Waals surface area contributed by atoms with Crippen molar-refractivity contribution in [1.29, 1.82) is 0 Å². The number of thiazole rings is 1. The van der Waals surface area contributed by atoms with Crippen LogP contribution in [0, 0.1) is 5.92 Å². The second kappa shape index (κ2) is 10.4. The van der Waals surface area contributed by atoms with Crippen molar-refractivity contribution < 1.29 is 19.8 Å². The summed E-state index contributed by atoms with van der Waals surface area (Å²) in [6.07, 6.45) is 7.75. The van der Waals surface area contributed by atoms with Crippen LogP contribution in [0.4, 0.5) is 0 Å². The third-order valence-corrected chi connectivity index (χ3v) is 6.81. The molecule has 0 aliphatic carbocycles. The number of aliphatic hydroxyl groups is 1. The molecule has 2 atom stereocenters. The Morgan fingerprint density at radius 3 is 2.93 bits per heavy atom. The molecule has 0 aromatic carbocycles. The molecule has 1 aliphatic heterocycles. The van der Waals surface area contributed by atoms with Crippen LogP contribution < -0.4 is 0 Å². The lowest BCUT2D eigenvalue weighted by Gasteiger charge is -2.24. The van der Waals surface area contributed by atoms with Crippen molar-refractivity contribution in [1.82, 2.24) is 9.88 Å². The van der Waals surface area contributed by atoms with Gasteiger partial charge in [-0.1, -0.05) is 37.8 Å². The number of likely N-dealkylation sites (tertiary alicyclic amines) is 1. The minimum absolute atomic E-state index is 0.0649. The maximum Gasteiger partial charge on any atom is 0.355 e. The third kappa shape index (κ3) is 7.22. The van der Waals surface area contributed by atoms with Crippen molar-refractivity contribution in [2.75, 3.05) is 12.3 Å². The molecule has 2 N–H and O–H groups in total. The number of carboxylic acid groups (broad SMARTS) is 1. The summed E-state index contributed by atoms with van der Waals surface area (Å²) in [7, 11) is 0. The molecular formula is C20H30N2O4S2. The number of hydrogen-bond acceptors (Lipinski definition) is 6. The van der Waals surface area contributed by atoms with Crippen LogP contribution in [0.3, 0.4) is 0 Å². The molecule has 2 rings (SSSR count). The van der Waals surface area contributed by atoms with E-state index in [9.17, 15) is 14.7 Å². The van der Waals surface area contributed by atoms with Gasteiger partial charge >= 0.3 is 5.97 Å². The van der Waals surface area contributed by atoms with Gasteiger partial charge in [0, 0.05) is 24.1 Å². The lowest BCUT2D eigenvalue weighted by molar-refractivity contribution is -0.128. The van der Waals surface area contributed by atoms with E-state index in [-0.39, 0.29) is 17.6 Å². The maximum atomic E-state index is 12.2. The number of hydrogen-bond donors (Lipinski definition) is 2. The van der Waals surface area contributed by atoms with Crippen molar-refractivity contribution in [2.45, 2.75) is 68.9 Å². The van der Waals surface area contributed by atoms with Gasteiger partial charge in [0.25, 0.3) is 0 Å². The van der Waals surface area contributed by atoms with Crippen molar-refractivity contribution >= 4 is 35.0 Å². The van der Waals surface area contributed by atoms with Crippen LogP contribution in [0.5, 0.6) is 0 Å². The van der Waals surface area contributed by atoms with E-state index in [2.05, 4.69) is 18.8 Å². The zero-order chi connectivity index (χ0) is 20.7. The first-order valence-corrected chi connectivity index (χ1v) is 11.5. The van der Waals surface area contributed by atoms with Crippen LogP contribution in [0.2, 0.25) is 0 Å². The molecule has 2 heterocycles. The molecule has 0 bridgehead atoms. The highest BCUT2D eigenvalue weighted by atomic mass is 32.2. The highest BCUT2D eigenvalue weighted by Gasteiger charge is 2.29. The van der Waals surface area contributed by atoms with Crippen LogP contribution in [0.1, 0.15) is 63.4 Å². The normalized spacial score (nSPS) is 19.7. The largest absolute Gasteiger partial charge is 0.476 e. The van der Waals surface area contributed by atoms with Gasteiger partial charge in [0.15, 0.2) is 10.0 Å². The Balaban J connectivity index is 1.82. The van der Waals surface area contributed by atoms with Gasteiger partial charge in [-0.15, -0.1) is 11.3 Å². The Labute approximate surface area is 175 Å². The number of nitrogens with zero attached hydrogens (tertiary/aromatic N) is 2. The first-order valence-electron chi connectivity index (χ1n) is 9.68.